The van der Waals surface area contributed by atoms with Crippen molar-refractivity contribution < 1.29 is 15.1 Å². The molecule has 1 aliphatic rings. The molecular formula is C19H26N2O3S. The average Bonchev–Trinajstić information content (AvgIpc) is 2.79. The van der Waals surface area contributed by atoms with Crippen LogP contribution in [0.1, 0.15) is 58.2 Å². The second-order valence-electron chi connectivity index (χ2n) is 8.30. The molecule has 0 fully saturated rings. The van der Waals surface area contributed by atoms with Gasteiger partial charge in [-0.05, 0) is 46.4 Å². The summed E-state index contributed by atoms with van der Waals surface area (Å²) in [7, 11) is 1.43. The van der Waals surface area contributed by atoms with Gasteiger partial charge < -0.3 is 5.11 Å². The molecule has 2 rings (SSSR count). The van der Waals surface area contributed by atoms with Crippen LogP contribution in [0.25, 0.3) is 6.08 Å². The highest BCUT2D eigenvalue weighted by Crippen LogP contribution is 2.40. The van der Waals surface area contributed by atoms with Gasteiger partial charge in [0.1, 0.15) is 5.75 Å². The number of nitrogens with zero attached hydrogens (tertiary/aromatic N) is 2. The molecule has 1 aliphatic heterocycles. The smallest absolute Gasteiger partial charge is 0.286 e. The number of carbonyl (C=O) groups is 1. The first kappa shape index (κ1) is 19.5. The van der Waals surface area contributed by atoms with E-state index < -0.39 is 0 Å². The largest absolute Gasteiger partial charge is 0.507 e. The van der Waals surface area contributed by atoms with Crippen LogP contribution in [0.2, 0.25) is 0 Å². The minimum atomic E-state index is -0.372. The maximum Gasteiger partial charge on any atom is 0.286 e. The molecule has 0 aliphatic carbocycles. The van der Waals surface area contributed by atoms with E-state index in [4.69, 9.17) is 0 Å². The number of hydrogen-bond acceptors (Lipinski definition) is 5. The summed E-state index contributed by atoms with van der Waals surface area (Å²) in [6.45, 7) is 12.3. The molecule has 2 N–H and O–H groups in total. The second-order valence-corrected chi connectivity index (χ2v) is 9.31. The van der Waals surface area contributed by atoms with Gasteiger partial charge in [-0.3, -0.25) is 10.0 Å². The topological polar surface area (TPSA) is 73.1 Å². The van der Waals surface area contributed by atoms with Crippen LogP contribution < -0.4 is 0 Å². The van der Waals surface area contributed by atoms with Gasteiger partial charge in [-0.1, -0.05) is 41.5 Å². The van der Waals surface area contributed by atoms with Crippen LogP contribution in [0.3, 0.4) is 0 Å². The number of amidine groups is 1. The highest BCUT2D eigenvalue weighted by Gasteiger charge is 2.28. The van der Waals surface area contributed by atoms with Crippen molar-refractivity contribution in [2.24, 2.45) is 4.99 Å². The molecule has 5 nitrogen and oxygen atoms in total. The number of benzene rings is 1. The van der Waals surface area contributed by atoms with Gasteiger partial charge in [-0.15, -0.1) is 0 Å². The van der Waals surface area contributed by atoms with Crippen molar-refractivity contribution in [3.8, 4) is 5.75 Å². The molecule has 25 heavy (non-hydrogen) atoms. The fourth-order valence-corrected chi connectivity index (χ4v) is 3.36. The molecule has 0 radical (unpaired) electrons. The van der Waals surface area contributed by atoms with Crippen LogP contribution >= 0.6 is 11.8 Å². The first-order valence-corrected chi connectivity index (χ1v) is 8.95. The van der Waals surface area contributed by atoms with E-state index in [1.807, 2.05) is 53.7 Å². The lowest BCUT2D eigenvalue weighted by Crippen LogP contribution is -2.17. The van der Waals surface area contributed by atoms with Crippen LogP contribution in [0, 0.1) is 0 Å². The monoisotopic (exact) mass is 362 g/mol. The zero-order valence-electron chi connectivity index (χ0n) is 15.8. The van der Waals surface area contributed by atoms with E-state index in [0.29, 0.717) is 10.7 Å². The van der Waals surface area contributed by atoms with Crippen LogP contribution in [-0.2, 0) is 15.6 Å². The predicted molar refractivity (Wildman–Crippen MR) is 103 cm³/mol. The molecule has 1 amide bonds. The number of amides is 1. The number of hydrogen-bond donors (Lipinski definition) is 2. The average molecular weight is 362 g/mol. The zero-order valence-corrected chi connectivity index (χ0v) is 16.7. The van der Waals surface area contributed by atoms with Crippen LogP contribution in [0.4, 0.5) is 0 Å². The number of aliphatic imine (C=N–C) groups is 1. The normalized spacial score (nSPS) is 17.2. The highest BCUT2D eigenvalue weighted by molar-refractivity contribution is 8.18. The molecule has 0 unspecified atom stereocenters. The lowest BCUT2D eigenvalue weighted by Gasteiger charge is -2.28. The molecule has 1 aromatic carbocycles. The quantitative estimate of drug-likeness (QED) is 0.576. The molecule has 1 aromatic rings. The highest BCUT2D eigenvalue weighted by atomic mass is 32.2. The van der Waals surface area contributed by atoms with Crippen LogP contribution in [-0.4, -0.2) is 33.5 Å². The van der Waals surface area contributed by atoms with Gasteiger partial charge in [0.25, 0.3) is 5.91 Å². The number of thioether (sulfide) groups is 1. The summed E-state index contributed by atoms with van der Waals surface area (Å²) >= 11 is 1.13. The van der Waals surface area contributed by atoms with Gasteiger partial charge >= 0.3 is 0 Å². The molecule has 0 bridgehead atoms. The Morgan fingerprint density at radius 2 is 1.56 bits per heavy atom. The van der Waals surface area contributed by atoms with Gasteiger partial charge in [0.2, 0.25) is 0 Å². The minimum Gasteiger partial charge on any atom is -0.507 e. The Balaban J connectivity index is 2.57. The fraction of sp³-hybridized carbons (Fsp3) is 0.474. The number of rotatable bonds is 1. The number of aromatic hydroxyl groups is 1. The minimum absolute atomic E-state index is 0.238. The first-order chi connectivity index (χ1) is 11.3. The molecule has 0 saturated carbocycles. The van der Waals surface area contributed by atoms with Gasteiger partial charge in [0.05, 0.1) is 4.91 Å². The van der Waals surface area contributed by atoms with Crippen molar-refractivity contribution in [1.82, 2.24) is 5.06 Å². The Hall–Kier alpha value is -1.79. The SMILES string of the molecule is CN(O)C1=NC(=O)/C(=C/c2cc(C(C)(C)C)c(O)c(C(C)(C)C)c2)S1. The van der Waals surface area contributed by atoms with Gasteiger partial charge in [-0.2, -0.15) is 4.99 Å². The van der Waals surface area contributed by atoms with Crippen molar-refractivity contribution in [1.29, 1.82) is 0 Å². The van der Waals surface area contributed by atoms with Crippen molar-refractivity contribution in [2.45, 2.75) is 52.4 Å². The zero-order chi connectivity index (χ0) is 19.2. The number of hydroxylamine groups is 2. The maximum absolute atomic E-state index is 12.1. The van der Waals surface area contributed by atoms with Gasteiger partial charge in [-0.25, -0.2) is 5.06 Å². The standard InChI is InChI=1S/C19H26N2O3S/c1-18(2,3)12-8-11(9-13(15(12)22)19(4,5)6)10-14-16(23)20-17(25-14)21(7)24/h8-10,22,24H,1-7H3/b14-10-. The fourth-order valence-electron chi connectivity index (χ4n) is 2.57. The summed E-state index contributed by atoms with van der Waals surface area (Å²) in [5.41, 5.74) is 2.03. The lowest BCUT2D eigenvalue weighted by atomic mass is 9.78. The molecule has 0 saturated heterocycles. The summed E-state index contributed by atoms with van der Waals surface area (Å²) in [6, 6.07) is 3.82. The van der Waals surface area contributed by atoms with Crippen molar-refractivity contribution in [2.75, 3.05) is 7.05 Å². The number of phenolic OH excluding ortho intramolecular Hbond substituents is 1. The van der Waals surface area contributed by atoms with E-state index in [-0.39, 0.29) is 21.9 Å². The van der Waals surface area contributed by atoms with Crippen LogP contribution in [0.15, 0.2) is 22.0 Å². The number of phenols is 1. The molecule has 6 heteroatoms. The predicted octanol–water partition coefficient (Wildman–Crippen LogP) is 4.28. The van der Waals surface area contributed by atoms with Crippen molar-refractivity contribution in [3.63, 3.8) is 0 Å². The summed E-state index contributed by atoms with van der Waals surface area (Å²) < 4.78 is 0. The summed E-state index contributed by atoms with van der Waals surface area (Å²) in [5, 5.41) is 21.3. The Kier molecular flexibility index (Phi) is 5.08. The van der Waals surface area contributed by atoms with E-state index in [9.17, 15) is 15.1 Å². The molecule has 1 heterocycles. The lowest BCUT2D eigenvalue weighted by molar-refractivity contribution is -0.113. The molecular weight excluding hydrogens is 336 g/mol. The van der Waals surface area contributed by atoms with Gasteiger partial charge in [0.15, 0.2) is 5.17 Å². The summed E-state index contributed by atoms with van der Waals surface area (Å²) in [5.74, 6) is -0.0665. The Labute approximate surface area is 153 Å². The summed E-state index contributed by atoms with van der Waals surface area (Å²) in [4.78, 5) is 16.3. The third-order valence-electron chi connectivity index (χ3n) is 3.93. The van der Waals surface area contributed by atoms with E-state index in [1.165, 1.54) is 7.05 Å². The molecule has 0 aromatic heterocycles. The Morgan fingerprint density at radius 3 is 1.92 bits per heavy atom. The van der Waals surface area contributed by atoms with E-state index in [0.717, 1.165) is 33.5 Å². The molecule has 136 valence electrons. The second kappa shape index (κ2) is 6.50. The van der Waals surface area contributed by atoms with E-state index in [2.05, 4.69) is 4.99 Å². The van der Waals surface area contributed by atoms with Gasteiger partial charge in [0, 0.05) is 18.2 Å². The Morgan fingerprint density at radius 1 is 1.08 bits per heavy atom. The van der Waals surface area contributed by atoms with Crippen molar-refractivity contribution in [3.05, 3.63) is 33.7 Å². The molecule has 0 spiro atoms. The van der Waals surface area contributed by atoms with E-state index >= 15 is 0 Å². The first-order valence-electron chi connectivity index (χ1n) is 8.14. The summed E-state index contributed by atoms with van der Waals surface area (Å²) in [6.07, 6.45) is 1.76. The van der Waals surface area contributed by atoms with Crippen LogP contribution in [0.5, 0.6) is 5.75 Å². The molecule has 0 atom stereocenters. The third-order valence-corrected chi connectivity index (χ3v) is 4.98. The van der Waals surface area contributed by atoms with E-state index in [1.54, 1.807) is 6.08 Å². The maximum atomic E-state index is 12.1. The number of carbonyl (C=O) groups excluding carboxylic acids is 1. The third kappa shape index (κ3) is 4.25. The van der Waals surface area contributed by atoms with Crippen molar-refractivity contribution >= 4 is 28.9 Å². The Bertz CT molecular complexity index is 731.